The molecule has 4 rings (SSSR count). The van der Waals surface area contributed by atoms with E-state index in [1.54, 1.807) is 30.4 Å². The van der Waals surface area contributed by atoms with Crippen LogP contribution < -0.4 is 0 Å². The molecule has 0 bridgehead atoms. The number of rotatable bonds is 23. The summed E-state index contributed by atoms with van der Waals surface area (Å²) < 4.78 is 34.8. The smallest absolute Gasteiger partial charge is 0.331 e. The van der Waals surface area contributed by atoms with Crippen LogP contribution in [0.25, 0.3) is 0 Å². The van der Waals surface area contributed by atoms with Crippen LogP contribution in [-0.2, 0) is 50.4 Å². The quantitative estimate of drug-likeness (QED) is 0.0340. The summed E-state index contributed by atoms with van der Waals surface area (Å²) in [5.41, 5.74) is 0.139. The fraction of sp³-hybridized carbons (Fsp3) is 0.556. The lowest BCUT2D eigenvalue weighted by atomic mass is 9.86. The zero-order chi connectivity index (χ0) is 44.4. The Bertz CT molecular complexity index is 1720. The first-order valence-electron chi connectivity index (χ1n) is 20.9. The molecule has 2 saturated heterocycles. The molecule has 1 aromatic carbocycles. The SMILES string of the molecule is CCCCCC=CC=CC(=O)OC1C(OC2OC(OCC(=O)C=CC=CCC(O)C=CC=CCCCCC)C(O)C(O)C2O)C(CO)OC2(OCc3cc(O)cc(O)c32)C1O. The maximum absolute atomic E-state index is 13.2. The summed E-state index contributed by atoms with van der Waals surface area (Å²) >= 11 is 0. The summed E-state index contributed by atoms with van der Waals surface area (Å²) in [6.45, 7) is 2.46. The minimum absolute atomic E-state index is 0.0947. The van der Waals surface area contributed by atoms with Crippen LogP contribution in [0.5, 0.6) is 11.5 Å². The molecule has 16 heteroatoms. The summed E-state index contributed by atoms with van der Waals surface area (Å²) in [5.74, 6) is -4.59. The summed E-state index contributed by atoms with van der Waals surface area (Å²) in [6.07, 6.45) is 10.8. The van der Waals surface area contributed by atoms with E-state index in [0.717, 1.165) is 57.1 Å². The van der Waals surface area contributed by atoms with Crippen molar-refractivity contribution in [1.82, 2.24) is 0 Å². The number of carbonyl (C=O) groups excluding carboxylic acids is 2. The van der Waals surface area contributed by atoms with Gasteiger partial charge in [-0.25, -0.2) is 4.79 Å². The van der Waals surface area contributed by atoms with Crippen molar-refractivity contribution < 1.29 is 78.9 Å². The van der Waals surface area contributed by atoms with Crippen molar-refractivity contribution in [2.75, 3.05) is 13.2 Å². The van der Waals surface area contributed by atoms with Crippen LogP contribution in [0, 0.1) is 0 Å². The Labute approximate surface area is 356 Å². The highest BCUT2D eigenvalue weighted by atomic mass is 16.8. The van der Waals surface area contributed by atoms with Crippen molar-refractivity contribution in [1.29, 1.82) is 0 Å². The topological polar surface area (TPSA) is 251 Å². The van der Waals surface area contributed by atoms with Crippen LogP contribution >= 0.6 is 0 Å². The average Bonchev–Trinajstić information content (AvgIpc) is 3.60. The summed E-state index contributed by atoms with van der Waals surface area (Å²) in [5, 5.41) is 85.9. The second-order valence-electron chi connectivity index (χ2n) is 15.0. The van der Waals surface area contributed by atoms with Crippen LogP contribution in [0.3, 0.4) is 0 Å². The van der Waals surface area contributed by atoms with E-state index in [-0.39, 0.29) is 23.5 Å². The molecule has 3 heterocycles. The van der Waals surface area contributed by atoms with E-state index in [9.17, 15) is 50.4 Å². The normalized spacial score (nSPS) is 29.9. The zero-order valence-corrected chi connectivity index (χ0v) is 34.7. The lowest BCUT2D eigenvalue weighted by Gasteiger charge is -2.50. The number of hydrogen-bond acceptors (Lipinski definition) is 16. The first-order chi connectivity index (χ1) is 29.4. The van der Waals surface area contributed by atoms with E-state index in [1.165, 1.54) is 30.7 Å². The van der Waals surface area contributed by atoms with E-state index >= 15 is 0 Å². The first-order valence-corrected chi connectivity index (χ1v) is 20.9. The molecule has 11 atom stereocenters. The third-order valence-electron chi connectivity index (χ3n) is 10.2. The van der Waals surface area contributed by atoms with Crippen molar-refractivity contribution in [3.8, 4) is 11.5 Å². The molecular formula is C45H62O16. The Morgan fingerprint density at radius 3 is 2.18 bits per heavy atom. The fourth-order valence-electron chi connectivity index (χ4n) is 7.02. The largest absolute Gasteiger partial charge is 0.508 e. The number of carbonyl (C=O) groups is 2. The van der Waals surface area contributed by atoms with E-state index in [1.807, 2.05) is 18.2 Å². The van der Waals surface area contributed by atoms with Gasteiger partial charge >= 0.3 is 5.97 Å². The number of benzene rings is 1. The second kappa shape index (κ2) is 25.2. The molecule has 0 aliphatic carbocycles. The summed E-state index contributed by atoms with van der Waals surface area (Å²) in [6, 6.07) is 2.28. The van der Waals surface area contributed by atoms with Gasteiger partial charge in [0.25, 0.3) is 0 Å². The van der Waals surface area contributed by atoms with Crippen LogP contribution in [0.1, 0.15) is 82.8 Å². The Balaban J connectivity index is 1.45. The van der Waals surface area contributed by atoms with Crippen molar-refractivity contribution in [2.24, 2.45) is 0 Å². The van der Waals surface area contributed by atoms with E-state index < -0.39 is 97.9 Å². The standard InChI is InChI=1S/C45H62O16/c1-3-5-7-9-11-13-16-20-30(47)21-17-15-18-22-31(48)28-56-43-38(53)37(52)39(54)44(60-43)59-40-34(26-46)61-45(36-29(27-57-45)24-32(49)25-33(36)50)42(55)41(40)58-35(51)23-19-14-12-10-8-6-4-2/h11-20,22-25,30,34,37-44,46-47,49-50,52-55H,3-10,21,26-28H2,1-2H3. The molecule has 11 unspecified atom stereocenters. The van der Waals surface area contributed by atoms with Gasteiger partial charge in [-0.15, -0.1) is 0 Å². The minimum atomic E-state index is -2.24. The number of hydrogen-bond donors (Lipinski definition) is 8. The number of fused-ring (bicyclic) bond motifs is 2. The van der Waals surface area contributed by atoms with Gasteiger partial charge in [-0.2, -0.15) is 0 Å². The molecule has 1 spiro atoms. The van der Waals surface area contributed by atoms with Crippen molar-refractivity contribution in [3.63, 3.8) is 0 Å². The molecule has 1 aromatic rings. The number of ether oxygens (including phenoxy) is 6. The summed E-state index contributed by atoms with van der Waals surface area (Å²) in [4.78, 5) is 25.8. The molecule has 0 aromatic heterocycles. The lowest BCUT2D eigenvalue weighted by Crippen LogP contribution is -2.67. The minimum Gasteiger partial charge on any atom is -0.508 e. The molecule has 0 saturated carbocycles. The Kier molecular flexibility index (Phi) is 20.5. The van der Waals surface area contributed by atoms with Crippen molar-refractivity contribution in [3.05, 3.63) is 96.2 Å². The number of aromatic hydroxyl groups is 2. The van der Waals surface area contributed by atoms with Crippen molar-refractivity contribution in [2.45, 2.75) is 145 Å². The Morgan fingerprint density at radius 2 is 1.49 bits per heavy atom. The molecule has 61 heavy (non-hydrogen) atoms. The van der Waals surface area contributed by atoms with E-state index in [4.69, 9.17) is 28.4 Å². The Hall–Kier alpha value is -4.04. The number of unbranched alkanes of at least 4 members (excludes halogenated alkanes) is 6. The molecule has 338 valence electrons. The highest BCUT2D eigenvalue weighted by Crippen LogP contribution is 2.51. The number of ketones is 1. The molecule has 3 aliphatic heterocycles. The van der Waals surface area contributed by atoms with Gasteiger partial charge in [0, 0.05) is 12.1 Å². The predicted octanol–water partition coefficient (Wildman–Crippen LogP) is 3.43. The van der Waals surface area contributed by atoms with Gasteiger partial charge < -0.3 is 69.3 Å². The van der Waals surface area contributed by atoms with E-state index in [0.29, 0.717) is 6.42 Å². The van der Waals surface area contributed by atoms with Gasteiger partial charge in [0.05, 0.1) is 24.9 Å². The molecule has 3 aliphatic rings. The lowest BCUT2D eigenvalue weighted by molar-refractivity contribution is -0.405. The van der Waals surface area contributed by atoms with Crippen LogP contribution in [0.4, 0.5) is 0 Å². The van der Waals surface area contributed by atoms with Gasteiger partial charge in [-0.1, -0.05) is 100 Å². The molecule has 2 fully saturated rings. The third kappa shape index (κ3) is 14.0. The number of aliphatic hydroxyl groups excluding tert-OH is 6. The second-order valence-corrected chi connectivity index (χ2v) is 15.0. The third-order valence-corrected chi connectivity index (χ3v) is 10.2. The highest BCUT2D eigenvalue weighted by Gasteiger charge is 2.63. The van der Waals surface area contributed by atoms with Gasteiger partial charge in [-0.3, -0.25) is 4.79 Å². The molecule has 8 N–H and O–H groups in total. The average molecular weight is 859 g/mol. The Morgan fingerprint density at radius 1 is 0.836 bits per heavy atom. The maximum atomic E-state index is 13.2. The zero-order valence-electron chi connectivity index (χ0n) is 34.7. The number of allylic oxidation sites excluding steroid dienone is 8. The molecule has 0 radical (unpaired) electrons. The van der Waals surface area contributed by atoms with Gasteiger partial charge in [0.15, 0.2) is 30.6 Å². The van der Waals surface area contributed by atoms with Gasteiger partial charge in [0.2, 0.25) is 5.79 Å². The first kappa shape index (κ1) is 49.6. The number of phenols is 2. The van der Waals surface area contributed by atoms with Gasteiger partial charge in [0.1, 0.15) is 48.6 Å². The number of esters is 1. The van der Waals surface area contributed by atoms with Crippen LogP contribution in [0.15, 0.2) is 85.0 Å². The van der Waals surface area contributed by atoms with Gasteiger partial charge in [-0.05, 0) is 49.8 Å². The van der Waals surface area contributed by atoms with E-state index in [2.05, 4.69) is 13.8 Å². The molecule has 0 amide bonds. The van der Waals surface area contributed by atoms with Crippen LogP contribution in [0.2, 0.25) is 0 Å². The summed E-state index contributed by atoms with van der Waals surface area (Å²) in [7, 11) is 0. The molecular weight excluding hydrogens is 796 g/mol. The fourth-order valence-corrected chi connectivity index (χ4v) is 7.02. The molecule has 16 nitrogen and oxygen atoms in total. The number of aliphatic hydroxyl groups is 6. The van der Waals surface area contributed by atoms with Crippen LogP contribution in [-0.4, -0.2) is 127 Å². The number of phenolic OH excluding ortho intramolecular Hbond substituents is 2. The van der Waals surface area contributed by atoms with Crippen molar-refractivity contribution >= 4 is 11.8 Å². The predicted molar refractivity (Wildman–Crippen MR) is 220 cm³/mol. The monoisotopic (exact) mass is 858 g/mol. The highest BCUT2D eigenvalue weighted by molar-refractivity contribution is 5.91. The maximum Gasteiger partial charge on any atom is 0.331 e.